The van der Waals surface area contributed by atoms with Gasteiger partial charge in [-0.15, -0.1) is 11.8 Å². The molecule has 0 spiro atoms. The Kier molecular flexibility index (Phi) is 5.69. The van der Waals surface area contributed by atoms with Gasteiger partial charge >= 0.3 is 0 Å². The number of benzene rings is 1. The molecule has 16 heavy (non-hydrogen) atoms. The molecule has 0 aliphatic carbocycles. The van der Waals surface area contributed by atoms with E-state index in [1.54, 1.807) is 0 Å². The Labute approximate surface area is 107 Å². The molecule has 3 heteroatoms. The van der Waals surface area contributed by atoms with Gasteiger partial charge in [0.2, 0.25) is 0 Å². The molecule has 0 aromatic heterocycles. The predicted molar refractivity (Wildman–Crippen MR) is 70.8 cm³/mol. The van der Waals surface area contributed by atoms with E-state index in [4.69, 9.17) is 28.9 Å². The monoisotopic (exact) mass is 255 g/mol. The highest BCUT2D eigenvalue weighted by molar-refractivity contribution is 6.35. The van der Waals surface area contributed by atoms with Crippen LogP contribution in [0.2, 0.25) is 10.0 Å². The van der Waals surface area contributed by atoms with E-state index in [1.165, 1.54) is 0 Å². The maximum absolute atomic E-state index is 6.07. The molecule has 0 bridgehead atoms. The molecular formula is C13H15Cl2N. The standard InChI is InChI=1S/C13H15Cl2N/c1-2-3-4-6-10(16)9-11-12(14)7-5-8-13(11)15/h5,7-8,10H,4,6,9,16H2,1H3. The highest BCUT2D eigenvalue weighted by Crippen LogP contribution is 2.25. The molecule has 1 rings (SSSR count). The molecule has 1 unspecified atom stereocenters. The summed E-state index contributed by atoms with van der Waals surface area (Å²) in [4.78, 5) is 0. The van der Waals surface area contributed by atoms with Gasteiger partial charge in [0, 0.05) is 22.5 Å². The van der Waals surface area contributed by atoms with Crippen LogP contribution in [-0.4, -0.2) is 6.04 Å². The van der Waals surface area contributed by atoms with Crippen LogP contribution in [0.3, 0.4) is 0 Å². The highest BCUT2D eigenvalue weighted by atomic mass is 35.5. The van der Waals surface area contributed by atoms with Gasteiger partial charge in [0.1, 0.15) is 0 Å². The Balaban J connectivity index is 2.61. The summed E-state index contributed by atoms with van der Waals surface area (Å²) in [7, 11) is 0. The molecule has 0 heterocycles. The van der Waals surface area contributed by atoms with Gasteiger partial charge in [0.25, 0.3) is 0 Å². The lowest BCUT2D eigenvalue weighted by molar-refractivity contribution is 0.623. The second-order valence-corrected chi connectivity index (χ2v) is 4.44. The average Bonchev–Trinajstić information content (AvgIpc) is 2.24. The van der Waals surface area contributed by atoms with Crippen LogP contribution in [0, 0.1) is 11.8 Å². The lowest BCUT2D eigenvalue weighted by Crippen LogP contribution is -2.22. The zero-order chi connectivity index (χ0) is 12.0. The fraction of sp³-hybridized carbons (Fsp3) is 0.385. The zero-order valence-electron chi connectivity index (χ0n) is 9.26. The third kappa shape index (κ3) is 4.06. The lowest BCUT2D eigenvalue weighted by atomic mass is 10.0. The Morgan fingerprint density at radius 3 is 2.50 bits per heavy atom. The maximum atomic E-state index is 6.07. The summed E-state index contributed by atoms with van der Waals surface area (Å²) in [6.07, 6.45) is 2.38. The van der Waals surface area contributed by atoms with Crippen molar-refractivity contribution in [2.75, 3.05) is 0 Å². The Bertz CT molecular complexity index is 384. The van der Waals surface area contributed by atoms with Gasteiger partial charge in [-0.3, -0.25) is 0 Å². The molecule has 0 aliphatic rings. The van der Waals surface area contributed by atoms with Crippen molar-refractivity contribution in [2.45, 2.75) is 32.2 Å². The third-order valence-corrected chi connectivity index (χ3v) is 3.05. The van der Waals surface area contributed by atoms with Crippen molar-refractivity contribution in [3.8, 4) is 11.8 Å². The summed E-state index contributed by atoms with van der Waals surface area (Å²) in [6, 6.07) is 5.56. The summed E-state index contributed by atoms with van der Waals surface area (Å²) in [6.45, 7) is 1.83. The average molecular weight is 256 g/mol. The minimum Gasteiger partial charge on any atom is -0.327 e. The largest absolute Gasteiger partial charge is 0.327 e. The van der Waals surface area contributed by atoms with E-state index in [0.29, 0.717) is 16.5 Å². The molecule has 2 N–H and O–H groups in total. The molecule has 0 amide bonds. The van der Waals surface area contributed by atoms with Gasteiger partial charge in [-0.1, -0.05) is 29.3 Å². The number of nitrogens with two attached hydrogens (primary N) is 1. The van der Waals surface area contributed by atoms with Crippen molar-refractivity contribution in [3.63, 3.8) is 0 Å². The van der Waals surface area contributed by atoms with Gasteiger partial charge in [-0.25, -0.2) is 0 Å². The molecular weight excluding hydrogens is 241 g/mol. The van der Waals surface area contributed by atoms with Gasteiger partial charge in [0.05, 0.1) is 0 Å². The van der Waals surface area contributed by atoms with Gasteiger partial charge < -0.3 is 5.73 Å². The summed E-state index contributed by atoms with van der Waals surface area (Å²) < 4.78 is 0. The first kappa shape index (κ1) is 13.4. The van der Waals surface area contributed by atoms with E-state index in [0.717, 1.165) is 18.4 Å². The fourth-order valence-electron chi connectivity index (χ4n) is 1.47. The van der Waals surface area contributed by atoms with Crippen molar-refractivity contribution in [1.29, 1.82) is 0 Å². The van der Waals surface area contributed by atoms with Crippen LogP contribution in [0.5, 0.6) is 0 Å². The molecule has 0 saturated carbocycles. The topological polar surface area (TPSA) is 26.0 Å². The van der Waals surface area contributed by atoms with Crippen LogP contribution in [0.15, 0.2) is 18.2 Å². The lowest BCUT2D eigenvalue weighted by Gasteiger charge is -2.12. The molecule has 0 fully saturated rings. The molecule has 1 aromatic rings. The van der Waals surface area contributed by atoms with Crippen LogP contribution in [-0.2, 0) is 6.42 Å². The van der Waals surface area contributed by atoms with Gasteiger partial charge in [-0.2, -0.15) is 0 Å². The SMILES string of the molecule is CC#CCCC(N)Cc1c(Cl)cccc1Cl. The van der Waals surface area contributed by atoms with E-state index in [-0.39, 0.29) is 6.04 Å². The first-order valence-corrected chi connectivity index (χ1v) is 5.98. The van der Waals surface area contributed by atoms with Crippen LogP contribution in [0.4, 0.5) is 0 Å². The number of halogens is 2. The Morgan fingerprint density at radius 2 is 1.94 bits per heavy atom. The number of hydrogen-bond donors (Lipinski definition) is 1. The van der Waals surface area contributed by atoms with Crippen molar-refractivity contribution >= 4 is 23.2 Å². The number of hydrogen-bond acceptors (Lipinski definition) is 1. The normalized spacial score (nSPS) is 11.8. The quantitative estimate of drug-likeness (QED) is 0.817. The summed E-state index contributed by atoms with van der Waals surface area (Å²) in [5.41, 5.74) is 6.93. The smallest absolute Gasteiger partial charge is 0.0453 e. The molecule has 86 valence electrons. The van der Waals surface area contributed by atoms with E-state index in [2.05, 4.69) is 11.8 Å². The number of rotatable bonds is 4. The van der Waals surface area contributed by atoms with E-state index in [9.17, 15) is 0 Å². The van der Waals surface area contributed by atoms with Crippen molar-refractivity contribution < 1.29 is 0 Å². The van der Waals surface area contributed by atoms with E-state index >= 15 is 0 Å². The van der Waals surface area contributed by atoms with Gasteiger partial charge in [0.15, 0.2) is 0 Å². The van der Waals surface area contributed by atoms with Crippen LogP contribution >= 0.6 is 23.2 Å². The van der Waals surface area contributed by atoms with Crippen molar-refractivity contribution in [1.82, 2.24) is 0 Å². The minimum atomic E-state index is 0.0539. The molecule has 0 saturated heterocycles. The minimum absolute atomic E-state index is 0.0539. The van der Waals surface area contributed by atoms with Crippen LogP contribution in [0.1, 0.15) is 25.3 Å². The second kappa shape index (κ2) is 6.81. The summed E-state index contributed by atoms with van der Waals surface area (Å²) in [5, 5.41) is 1.37. The summed E-state index contributed by atoms with van der Waals surface area (Å²) >= 11 is 12.1. The first-order valence-electron chi connectivity index (χ1n) is 5.23. The molecule has 0 radical (unpaired) electrons. The highest BCUT2D eigenvalue weighted by Gasteiger charge is 2.09. The molecule has 1 aromatic carbocycles. The van der Waals surface area contributed by atoms with Crippen LogP contribution < -0.4 is 5.73 Å². The van der Waals surface area contributed by atoms with Gasteiger partial charge in [-0.05, 0) is 37.5 Å². The Morgan fingerprint density at radius 1 is 1.31 bits per heavy atom. The molecule has 0 aliphatic heterocycles. The van der Waals surface area contributed by atoms with Crippen molar-refractivity contribution in [2.24, 2.45) is 5.73 Å². The summed E-state index contributed by atoms with van der Waals surface area (Å²) in [5.74, 6) is 5.85. The second-order valence-electron chi connectivity index (χ2n) is 3.63. The molecule has 1 nitrogen and oxygen atoms in total. The molecule has 1 atom stereocenters. The maximum Gasteiger partial charge on any atom is 0.0453 e. The third-order valence-electron chi connectivity index (χ3n) is 2.34. The fourth-order valence-corrected chi connectivity index (χ4v) is 2.03. The predicted octanol–water partition coefficient (Wildman–Crippen LogP) is 3.67. The van der Waals surface area contributed by atoms with E-state index in [1.807, 2.05) is 25.1 Å². The van der Waals surface area contributed by atoms with Crippen LogP contribution in [0.25, 0.3) is 0 Å². The van der Waals surface area contributed by atoms with Crippen molar-refractivity contribution in [3.05, 3.63) is 33.8 Å². The first-order chi connectivity index (χ1) is 7.65. The van der Waals surface area contributed by atoms with E-state index < -0.39 is 0 Å². The zero-order valence-corrected chi connectivity index (χ0v) is 10.8. The Hall–Kier alpha value is -0.680.